The van der Waals surface area contributed by atoms with Crippen molar-refractivity contribution in [3.05, 3.63) is 71.0 Å². The zero-order valence-corrected chi connectivity index (χ0v) is 16.3. The van der Waals surface area contributed by atoms with Crippen molar-refractivity contribution in [2.45, 2.75) is 32.7 Å². The summed E-state index contributed by atoms with van der Waals surface area (Å²) in [5.74, 6) is 1.55. The Kier molecular flexibility index (Phi) is 5.94. The molecule has 1 aliphatic rings. The third kappa shape index (κ3) is 4.05. The first kappa shape index (κ1) is 19.2. The number of methoxy groups -OCH3 is 1. The van der Waals surface area contributed by atoms with E-state index in [1.807, 2.05) is 24.3 Å². The number of amidine groups is 1. The minimum Gasteiger partial charge on any atom is -0.496 e. The molecule has 2 aromatic rings. The Morgan fingerprint density at radius 3 is 2.78 bits per heavy atom. The van der Waals surface area contributed by atoms with Crippen molar-refractivity contribution in [1.29, 1.82) is 0 Å². The van der Waals surface area contributed by atoms with Gasteiger partial charge >= 0.3 is 0 Å². The summed E-state index contributed by atoms with van der Waals surface area (Å²) in [5.41, 5.74) is 3.71. The maximum atomic E-state index is 14.7. The lowest BCUT2D eigenvalue weighted by Crippen LogP contribution is -2.35. The lowest BCUT2D eigenvalue weighted by Gasteiger charge is -2.26. The summed E-state index contributed by atoms with van der Waals surface area (Å²) in [6.07, 6.45) is 3.09. The molecule has 1 heterocycles. The fourth-order valence-electron chi connectivity index (χ4n) is 3.61. The summed E-state index contributed by atoms with van der Waals surface area (Å²) in [5, 5.41) is 0. The number of rotatable bonds is 7. The van der Waals surface area contributed by atoms with E-state index >= 15 is 0 Å². The van der Waals surface area contributed by atoms with Crippen molar-refractivity contribution in [2.75, 3.05) is 20.2 Å². The van der Waals surface area contributed by atoms with E-state index in [0.29, 0.717) is 18.9 Å². The molecule has 0 saturated carbocycles. The summed E-state index contributed by atoms with van der Waals surface area (Å²) in [6.45, 7) is 9.77. The Morgan fingerprint density at radius 2 is 2.07 bits per heavy atom. The van der Waals surface area contributed by atoms with Crippen molar-refractivity contribution in [3.63, 3.8) is 0 Å². The smallest absolute Gasteiger partial charge is 0.131 e. The van der Waals surface area contributed by atoms with Crippen LogP contribution in [0.15, 0.2) is 48.0 Å². The SMILES string of the molecule is C=Cc1ccc(OC)c(CCc2c(F)cccc2C2=NCCN2C(C)C)c1. The molecule has 0 unspecified atom stereocenters. The van der Waals surface area contributed by atoms with Gasteiger partial charge in [0.25, 0.3) is 0 Å². The molecule has 0 aliphatic carbocycles. The molecule has 4 heteroatoms. The van der Waals surface area contributed by atoms with Gasteiger partial charge in [-0.1, -0.05) is 30.9 Å². The molecule has 1 aliphatic heterocycles. The quantitative estimate of drug-likeness (QED) is 0.707. The largest absolute Gasteiger partial charge is 0.496 e. The molecule has 0 spiro atoms. The molecule has 0 amide bonds. The average Bonchev–Trinajstić information content (AvgIpc) is 3.16. The molecular weight excluding hydrogens is 339 g/mol. The summed E-state index contributed by atoms with van der Waals surface area (Å²) in [7, 11) is 1.66. The van der Waals surface area contributed by atoms with Gasteiger partial charge in [0.05, 0.1) is 13.7 Å². The minimum atomic E-state index is -0.176. The van der Waals surface area contributed by atoms with Gasteiger partial charge < -0.3 is 9.64 Å². The third-order valence-corrected chi connectivity index (χ3v) is 5.04. The zero-order valence-electron chi connectivity index (χ0n) is 16.3. The van der Waals surface area contributed by atoms with E-state index in [-0.39, 0.29) is 5.82 Å². The van der Waals surface area contributed by atoms with Crippen LogP contribution in [0, 0.1) is 5.82 Å². The average molecular weight is 366 g/mol. The predicted molar refractivity (Wildman–Crippen MR) is 110 cm³/mol. The molecule has 0 bridgehead atoms. The molecule has 0 N–H and O–H groups in total. The number of halogens is 1. The first-order valence-corrected chi connectivity index (χ1v) is 9.43. The molecule has 0 fully saturated rings. The van der Waals surface area contributed by atoms with Gasteiger partial charge in [-0.2, -0.15) is 0 Å². The van der Waals surface area contributed by atoms with Gasteiger partial charge in [0.15, 0.2) is 0 Å². The Balaban J connectivity index is 1.91. The molecule has 0 aromatic heterocycles. The Labute approximate surface area is 161 Å². The highest BCUT2D eigenvalue weighted by Gasteiger charge is 2.24. The van der Waals surface area contributed by atoms with E-state index in [1.54, 1.807) is 13.2 Å². The van der Waals surface area contributed by atoms with Gasteiger partial charge in [0, 0.05) is 18.2 Å². The highest BCUT2D eigenvalue weighted by atomic mass is 19.1. The normalized spacial score (nSPS) is 13.8. The zero-order chi connectivity index (χ0) is 19.4. The number of hydrogen-bond acceptors (Lipinski definition) is 3. The third-order valence-electron chi connectivity index (χ3n) is 5.04. The van der Waals surface area contributed by atoms with E-state index < -0.39 is 0 Å². The standard InChI is InChI=1S/C23H27FN2O/c1-5-17-9-12-22(27-4)18(15-17)10-11-19-20(7-6-8-21(19)24)23-25-13-14-26(23)16(2)3/h5-9,12,15-16H,1,10-11,13-14H2,2-4H3. The predicted octanol–water partition coefficient (Wildman–Crippen LogP) is 4.73. The monoisotopic (exact) mass is 366 g/mol. The Bertz CT molecular complexity index is 857. The lowest BCUT2D eigenvalue weighted by molar-refractivity contribution is 0.381. The number of hydrogen-bond donors (Lipinski definition) is 0. The second-order valence-electron chi connectivity index (χ2n) is 7.03. The summed E-state index contributed by atoms with van der Waals surface area (Å²) < 4.78 is 20.2. The second-order valence-corrected chi connectivity index (χ2v) is 7.03. The Morgan fingerprint density at radius 1 is 1.26 bits per heavy atom. The van der Waals surface area contributed by atoms with E-state index in [1.165, 1.54) is 6.07 Å². The highest BCUT2D eigenvalue weighted by Crippen LogP contribution is 2.26. The van der Waals surface area contributed by atoms with Gasteiger partial charge in [-0.15, -0.1) is 0 Å². The molecular formula is C23H27FN2O. The van der Waals surface area contributed by atoms with Crippen molar-refractivity contribution in [3.8, 4) is 5.75 Å². The first-order valence-electron chi connectivity index (χ1n) is 9.43. The van der Waals surface area contributed by atoms with Gasteiger partial charge in [-0.05, 0) is 61.6 Å². The second kappa shape index (κ2) is 8.38. The molecule has 0 radical (unpaired) electrons. The van der Waals surface area contributed by atoms with Crippen molar-refractivity contribution >= 4 is 11.9 Å². The van der Waals surface area contributed by atoms with Gasteiger partial charge in [-0.25, -0.2) is 4.39 Å². The number of aryl methyl sites for hydroxylation is 1. The number of benzene rings is 2. The maximum Gasteiger partial charge on any atom is 0.131 e. The number of nitrogens with zero attached hydrogens (tertiary/aromatic N) is 2. The molecule has 0 atom stereocenters. The fourth-order valence-corrected chi connectivity index (χ4v) is 3.61. The Hall–Kier alpha value is -2.62. The number of ether oxygens (including phenoxy) is 1. The number of aliphatic imine (C=N–C) groups is 1. The molecule has 27 heavy (non-hydrogen) atoms. The first-order chi connectivity index (χ1) is 13.0. The maximum absolute atomic E-state index is 14.7. The van der Waals surface area contributed by atoms with E-state index in [0.717, 1.165) is 46.9 Å². The molecule has 2 aromatic carbocycles. The highest BCUT2D eigenvalue weighted by molar-refractivity contribution is 6.01. The summed E-state index contributed by atoms with van der Waals surface area (Å²) >= 11 is 0. The van der Waals surface area contributed by atoms with Crippen LogP contribution < -0.4 is 4.74 Å². The van der Waals surface area contributed by atoms with Gasteiger partial charge in [0.2, 0.25) is 0 Å². The minimum absolute atomic E-state index is 0.176. The topological polar surface area (TPSA) is 24.8 Å². The summed E-state index contributed by atoms with van der Waals surface area (Å²) in [4.78, 5) is 6.91. The van der Waals surface area contributed by atoms with Crippen molar-refractivity contribution in [2.24, 2.45) is 4.99 Å². The van der Waals surface area contributed by atoms with E-state index in [9.17, 15) is 4.39 Å². The van der Waals surface area contributed by atoms with Gasteiger partial charge in [0.1, 0.15) is 17.4 Å². The van der Waals surface area contributed by atoms with Crippen LogP contribution in [0.4, 0.5) is 4.39 Å². The van der Waals surface area contributed by atoms with Crippen LogP contribution in [0.1, 0.15) is 36.1 Å². The van der Waals surface area contributed by atoms with Crippen LogP contribution in [0.2, 0.25) is 0 Å². The van der Waals surface area contributed by atoms with Crippen LogP contribution in [-0.2, 0) is 12.8 Å². The molecule has 142 valence electrons. The molecule has 0 saturated heterocycles. The van der Waals surface area contributed by atoms with Crippen LogP contribution in [-0.4, -0.2) is 37.0 Å². The van der Waals surface area contributed by atoms with Crippen LogP contribution in [0.5, 0.6) is 5.75 Å². The van der Waals surface area contributed by atoms with Crippen LogP contribution in [0.25, 0.3) is 6.08 Å². The van der Waals surface area contributed by atoms with Crippen LogP contribution >= 0.6 is 0 Å². The fraction of sp³-hybridized carbons (Fsp3) is 0.348. The lowest BCUT2D eigenvalue weighted by atomic mass is 9.96. The molecule has 3 nitrogen and oxygen atoms in total. The summed E-state index contributed by atoms with van der Waals surface area (Å²) in [6, 6.07) is 11.6. The van der Waals surface area contributed by atoms with E-state index in [2.05, 4.69) is 36.4 Å². The van der Waals surface area contributed by atoms with Crippen molar-refractivity contribution < 1.29 is 9.13 Å². The van der Waals surface area contributed by atoms with Crippen LogP contribution in [0.3, 0.4) is 0 Å². The van der Waals surface area contributed by atoms with Crippen molar-refractivity contribution in [1.82, 2.24) is 4.90 Å². The van der Waals surface area contributed by atoms with Gasteiger partial charge in [-0.3, -0.25) is 4.99 Å². The molecule has 3 rings (SSSR count). The van der Waals surface area contributed by atoms with E-state index in [4.69, 9.17) is 4.74 Å².